The lowest BCUT2D eigenvalue weighted by Gasteiger charge is -2.31. The maximum absolute atomic E-state index is 13.8. The second-order valence-electron chi connectivity index (χ2n) is 8.91. The molecule has 0 aromatic heterocycles. The highest BCUT2D eigenvalue weighted by Crippen LogP contribution is 2.37. The molecule has 38 heavy (non-hydrogen) atoms. The van der Waals surface area contributed by atoms with Crippen LogP contribution >= 0.6 is 0 Å². The van der Waals surface area contributed by atoms with Crippen molar-refractivity contribution in [1.82, 2.24) is 4.90 Å². The molecule has 3 aromatic carbocycles. The summed E-state index contributed by atoms with van der Waals surface area (Å²) < 4.78 is 34.9. The van der Waals surface area contributed by atoms with E-state index in [1.807, 2.05) is 48.5 Å². The van der Waals surface area contributed by atoms with E-state index in [0.717, 1.165) is 55.2 Å². The number of aliphatic carboxylic acids is 2. The summed E-state index contributed by atoms with van der Waals surface area (Å²) in [6.45, 7) is 8.20. The minimum Gasteiger partial charge on any atom is -0.489 e. The van der Waals surface area contributed by atoms with Crippen LogP contribution in [0.3, 0.4) is 0 Å². The fraction of sp³-hybridized carbons (Fsp3) is 0.357. The SMILES string of the molecule is CCCN(CCC)CCc1ccc2c(c1)N(S(=O)(=O)c1cccc3ccccc13)CCO2.O=C(O)C(=O)O. The Labute approximate surface area is 223 Å². The normalized spacial score (nSPS) is 12.9. The fourth-order valence-corrected chi connectivity index (χ4v) is 6.11. The van der Waals surface area contributed by atoms with Gasteiger partial charge in [0.2, 0.25) is 0 Å². The second-order valence-corrected chi connectivity index (χ2v) is 10.7. The Kier molecular flexibility index (Phi) is 10.1. The number of anilines is 1. The zero-order valence-electron chi connectivity index (χ0n) is 21.7. The van der Waals surface area contributed by atoms with Crippen molar-refractivity contribution < 1.29 is 33.0 Å². The Morgan fingerprint density at radius 2 is 1.58 bits per heavy atom. The third-order valence-electron chi connectivity index (χ3n) is 6.14. The average Bonchev–Trinajstić information content (AvgIpc) is 2.91. The number of hydrogen-bond donors (Lipinski definition) is 2. The Morgan fingerprint density at radius 1 is 0.921 bits per heavy atom. The summed E-state index contributed by atoms with van der Waals surface area (Å²) >= 11 is 0. The largest absolute Gasteiger partial charge is 0.489 e. The lowest BCUT2D eigenvalue weighted by atomic mass is 10.1. The predicted octanol–water partition coefficient (Wildman–Crippen LogP) is 4.25. The fourth-order valence-electron chi connectivity index (χ4n) is 4.44. The first-order chi connectivity index (χ1) is 18.2. The van der Waals surface area contributed by atoms with Crippen molar-refractivity contribution in [3.05, 3.63) is 66.2 Å². The van der Waals surface area contributed by atoms with Gasteiger partial charge in [-0.15, -0.1) is 0 Å². The number of ether oxygens (including phenoxy) is 1. The second kappa shape index (κ2) is 13.3. The summed E-state index contributed by atoms with van der Waals surface area (Å²) in [4.78, 5) is 21.0. The van der Waals surface area contributed by atoms with Gasteiger partial charge >= 0.3 is 11.9 Å². The molecule has 0 spiro atoms. The number of carboxylic acid groups (broad SMARTS) is 2. The van der Waals surface area contributed by atoms with Crippen LogP contribution in [-0.2, 0) is 26.0 Å². The molecular formula is C28H34N2O7S. The number of nitrogens with zero attached hydrogens (tertiary/aromatic N) is 2. The molecule has 0 bridgehead atoms. The average molecular weight is 543 g/mol. The molecule has 10 heteroatoms. The summed E-state index contributed by atoms with van der Waals surface area (Å²) in [5.74, 6) is -3.02. The lowest BCUT2D eigenvalue weighted by Crippen LogP contribution is -2.38. The van der Waals surface area contributed by atoms with Gasteiger partial charge in [0, 0.05) is 11.9 Å². The summed E-state index contributed by atoms with van der Waals surface area (Å²) in [5, 5.41) is 16.4. The first-order valence-electron chi connectivity index (χ1n) is 12.6. The monoisotopic (exact) mass is 542 g/mol. The van der Waals surface area contributed by atoms with E-state index < -0.39 is 22.0 Å². The van der Waals surface area contributed by atoms with Crippen molar-refractivity contribution in [2.24, 2.45) is 0 Å². The Morgan fingerprint density at radius 3 is 2.24 bits per heavy atom. The zero-order chi connectivity index (χ0) is 27.7. The predicted molar refractivity (Wildman–Crippen MR) is 146 cm³/mol. The van der Waals surface area contributed by atoms with Gasteiger partial charge in [-0.25, -0.2) is 18.0 Å². The van der Waals surface area contributed by atoms with Gasteiger partial charge in [-0.2, -0.15) is 0 Å². The Balaban J connectivity index is 0.000000599. The molecule has 1 aliphatic rings. The van der Waals surface area contributed by atoms with Crippen LogP contribution in [0.5, 0.6) is 5.75 Å². The van der Waals surface area contributed by atoms with Crippen molar-refractivity contribution in [1.29, 1.82) is 0 Å². The van der Waals surface area contributed by atoms with Crippen LogP contribution in [0, 0.1) is 0 Å². The third kappa shape index (κ3) is 7.02. The number of rotatable bonds is 9. The summed E-state index contributed by atoms with van der Waals surface area (Å²) in [7, 11) is -3.72. The molecule has 0 saturated heterocycles. The molecule has 0 radical (unpaired) electrons. The molecule has 2 N–H and O–H groups in total. The van der Waals surface area contributed by atoms with Gasteiger partial charge in [-0.1, -0.05) is 56.3 Å². The maximum atomic E-state index is 13.8. The summed E-state index contributed by atoms with van der Waals surface area (Å²) in [6, 6.07) is 19.0. The number of sulfonamides is 1. The molecule has 0 unspecified atom stereocenters. The quantitative estimate of drug-likeness (QED) is 0.385. The zero-order valence-corrected chi connectivity index (χ0v) is 22.5. The highest BCUT2D eigenvalue weighted by atomic mass is 32.2. The molecule has 0 fully saturated rings. The van der Waals surface area contributed by atoms with Crippen LogP contribution in [0.2, 0.25) is 0 Å². The molecule has 204 valence electrons. The van der Waals surface area contributed by atoms with Crippen LogP contribution in [-0.4, -0.2) is 68.3 Å². The highest BCUT2D eigenvalue weighted by molar-refractivity contribution is 7.93. The van der Waals surface area contributed by atoms with Crippen molar-refractivity contribution in [2.75, 3.05) is 37.1 Å². The lowest BCUT2D eigenvalue weighted by molar-refractivity contribution is -0.159. The molecule has 1 heterocycles. The Bertz CT molecular complexity index is 1350. The van der Waals surface area contributed by atoms with Gasteiger partial charge in [-0.05, 0) is 61.5 Å². The molecule has 0 aliphatic carbocycles. The van der Waals surface area contributed by atoms with Gasteiger partial charge in [-0.3, -0.25) is 4.31 Å². The van der Waals surface area contributed by atoms with E-state index in [1.54, 1.807) is 6.07 Å². The summed E-state index contributed by atoms with van der Waals surface area (Å²) in [5.41, 5.74) is 1.77. The molecule has 1 aliphatic heterocycles. The van der Waals surface area contributed by atoms with E-state index in [1.165, 1.54) is 4.31 Å². The van der Waals surface area contributed by atoms with E-state index in [2.05, 4.69) is 24.8 Å². The van der Waals surface area contributed by atoms with Crippen molar-refractivity contribution in [2.45, 2.75) is 38.0 Å². The van der Waals surface area contributed by atoms with Crippen LogP contribution in [0.25, 0.3) is 10.8 Å². The topological polar surface area (TPSA) is 124 Å². The van der Waals surface area contributed by atoms with Crippen LogP contribution in [0.4, 0.5) is 5.69 Å². The van der Waals surface area contributed by atoms with E-state index >= 15 is 0 Å². The van der Waals surface area contributed by atoms with Gasteiger partial charge in [0.1, 0.15) is 12.4 Å². The third-order valence-corrected chi connectivity index (χ3v) is 8.01. The van der Waals surface area contributed by atoms with Crippen molar-refractivity contribution in [3.63, 3.8) is 0 Å². The first kappa shape index (κ1) is 28.9. The molecule has 0 amide bonds. The standard InChI is InChI=1S/C26H32N2O3S.C2H2O4/c1-3-15-27(16-4-2)17-14-21-12-13-25-24(20-21)28(18-19-31-25)32(29,30)26-11-7-9-22-8-5-6-10-23(22)26;3-1(4)2(5)6/h5-13,20H,3-4,14-19H2,1-2H3;(H,3,4)(H,5,6). The number of benzene rings is 3. The summed E-state index contributed by atoms with van der Waals surface area (Å²) in [6.07, 6.45) is 3.15. The molecule has 0 atom stereocenters. The maximum Gasteiger partial charge on any atom is 0.414 e. The van der Waals surface area contributed by atoms with Crippen LogP contribution < -0.4 is 9.04 Å². The first-order valence-corrected chi connectivity index (χ1v) is 14.1. The van der Waals surface area contributed by atoms with Gasteiger partial charge in [0.25, 0.3) is 10.0 Å². The molecular weight excluding hydrogens is 508 g/mol. The van der Waals surface area contributed by atoms with Crippen LogP contribution in [0.15, 0.2) is 65.6 Å². The van der Waals surface area contributed by atoms with E-state index in [9.17, 15) is 8.42 Å². The van der Waals surface area contributed by atoms with E-state index in [4.69, 9.17) is 24.5 Å². The molecule has 0 saturated carbocycles. The molecule has 9 nitrogen and oxygen atoms in total. The number of hydrogen-bond acceptors (Lipinski definition) is 6. The van der Waals surface area contributed by atoms with Gasteiger partial charge in [0.05, 0.1) is 17.1 Å². The molecule has 3 aromatic rings. The minimum atomic E-state index is -3.72. The van der Waals surface area contributed by atoms with Gasteiger partial charge in [0.15, 0.2) is 0 Å². The van der Waals surface area contributed by atoms with E-state index in [0.29, 0.717) is 29.5 Å². The van der Waals surface area contributed by atoms with E-state index in [-0.39, 0.29) is 0 Å². The van der Waals surface area contributed by atoms with Crippen LogP contribution in [0.1, 0.15) is 32.3 Å². The van der Waals surface area contributed by atoms with Crippen molar-refractivity contribution in [3.8, 4) is 5.75 Å². The van der Waals surface area contributed by atoms with Crippen molar-refractivity contribution >= 4 is 38.4 Å². The highest BCUT2D eigenvalue weighted by Gasteiger charge is 2.31. The number of fused-ring (bicyclic) bond motifs is 2. The minimum absolute atomic E-state index is 0.305. The Hall–Kier alpha value is -3.63. The smallest absolute Gasteiger partial charge is 0.414 e. The number of carboxylic acids is 2. The van der Waals surface area contributed by atoms with Gasteiger partial charge < -0.3 is 19.8 Å². The molecule has 4 rings (SSSR count). The number of carbonyl (C=O) groups is 2.